The van der Waals surface area contributed by atoms with Crippen molar-refractivity contribution in [1.29, 1.82) is 0 Å². The van der Waals surface area contributed by atoms with Crippen LogP contribution in [-0.4, -0.2) is 64.2 Å². The molecule has 3 heterocycles. The minimum absolute atomic E-state index is 0.117. The minimum Gasteiger partial charge on any atom is -0.390 e. The Morgan fingerprint density at radius 3 is 2.50 bits per heavy atom. The van der Waals surface area contributed by atoms with Gasteiger partial charge in [0.25, 0.3) is 11.8 Å². The summed E-state index contributed by atoms with van der Waals surface area (Å²) in [5.41, 5.74) is 6.45. The second-order valence-corrected chi connectivity index (χ2v) is 11.3. The highest BCUT2D eigenvalue weighted by atomic mass is 16.3. The van der Waals surface area contributed by atoms with Crippen LogP contribution in [0, 0.1) is 17.8 Å². The van der Waals surface area contributed by atoms with Crippen molar-refractivity contribution in [1.82, 2.24) is 15.3 Å². The highest BCUT2D eigenvalue weighted by Gasteiger charge is 2.55. The Bertz CT molecular complexity index is 1150. The largest absolute Gasteiger partial charge is 0.390 e. The fourth-order valence-corrected chi connectivity index (χ4v) is 7.40. The van der Waals surface area contributed by atoms with Crippen molar-refractivity contribution in [3.8, 4) is 0 Å². The molecule has 4 saturated carbocycles. The number of aliphatic hydroxyl groups is 1. The lowest BCUT2D eigenvalue weighted by atomic mass is 9.52. The molecule has 9 heteroatoms. The third-order valence-electron chi connectivity index (χ3n) is 8.79. The van der Waals surface area contributed by atoms with Gasteiger partial charge >= 0.3 is 0 Å². The van der Waals surface area contributed by atoms with Gasteiger partial charge in [-0.3, -0.25) is 9.59 Å². The van der Waals surface area contributed by atoms with Crippen LogP contribution >= 0.6 is 0 Å². The Labute approximate surface area is 211 Å². The van der Waals surface area contributed by atoms with Gasteiger partial charge in [-0.2, -0.15) is 0 Å². The monoisotopic (exact) mass is 490 g/mol. The van der Waals surface area contributed by atoms with Gasteiger partial charge in [0.1, 0.15) is 17.2 Å². The predicted molar refractivity (Wildman–Crippen MR) is 136 cm³/mol. The van der Waals surface area contributed by atoms with Crippen molar-refractivity contribution in [3.05, 3.63) is 47.9 Å². The Balaban J connectivity index is 1.11. The van der Waals surface area contributed by atoms with Crippen LogP contribution in [0.5, 0.6) is 0 Å². The molecule has 1 aliphatic heterocycles. The highest BCUT2D eigenvalue weighted by molar-refractivity contribution is 5.93. The van der Waals surface area contributed by atoms with E-state index < -0.39 is 11.5 Å². The number of amides is 2. The van der Waals surface area contributed by atoms with E-state index in [4.69, 9.17) is 10.7 Å². The summed E-state index contributed by atoms with van der Waals surface area (Å²) in [7, 11) is 0. The van der Waals surface area contributed by atoms with Gasteiger partial charge in [-0.05, 0) is 81.0 Å². The average molecular weight is 491 g/mol. The first-order chi connectivity index (χ1) is 17.3. The molecule has 2 amide bonds. The average Bonchev–Trinajstić information content (AvgIpc) is 2.85. The zero-order chi connectivity index (χ0) is 25.0. The summed E-state index contributed by atoms with van der Waals surface area (Å²) in [6.45, 7) is 4.44. The number of nitrogens with two attached hydrogens (primary N) is 1. The number of nitrogens with one attached hydrogen (secondary N) is 1. The first-order valence-corrected chi connectivity index (χ1v) is 13.1. The topological polar surface area (TPSA) is 125 Å². The third kappa shape index (κ3) is 4.19. The molecule has 5 aliphatic rings. The van der Waals surface area contributed by atoms with Crippen LogP contribution in [0.4, 0.5) is 11.5 Å². The molecule has 9 nitrogen and oxygen atoms in total. The number of hydrogen-bond acceptors (Lipinski definition) is 7. The summed E-state index contributed by atoms with van der Waals surface area (Å²) in [5.74, 6) is 1.50. The number of carbonyl (C=O) groups is 2. The number of nitrogens with zero attached hydrogens (tertiary/aromatic N) is 4. The molecule has 4 N–H and O–H groups in total. The molecule has 0 spiro atoms. The van der Waals surface area contributed by atoms with Gasteiger partial charge in [0.15, 0.2) is 0 Å². The Kier molecular flexibility index (Phi) is 5.63. The van der Waals surface area contributed by atoms with Gasteiger partial charge in [0.05, 0.1) is 17.5 Å². The van der Waals surface area contributed by atoms with Gasteiger partial charge in [-0.25, -0.2) is 9.97 Å². The van der Waals surface area contributed by atoms with Crippen molar-refractivity contribution < 1.29 is 14.7 Å². The Morgan fingerprint density at radius 2 is 1.86 bits per heavy atom. The highest BCUT2D eigenvalue weighted by Crippen LogP contribution is 2.55. The maximum absolute atomic E-state index is 13.2. The molecule has 4 aliphatic carbocycles. The summed E-state index contributed by atoms with van der Waals surface area (Å²) in [6, 6.07) is 9.49. The van der Waals surface area contributed by atoms with E-state index in [1.165, 1.54) is 0 Å². The van der Waals surface area contributed by atoms with Crippen LogP contribution < -0.4 is 20.9 Å². The van der Waals surface area contributed by atoms with Gasteiger partial charge in [0, 0.05) is 31.7 Å². The fourth-order valence-electron chi connectivity index (χ4n) is 7.40. The molecule has 36 heavy (non-hydrogen) atoms. The van der Waals surface area contributed by atoms with Gasteiger partial charge in [-0.1, -0.05) is 6.07 Å². The smallest absolute Gasteiger partial charge is 0.270 e. The van der Waals surface area contributed by atoms with Gasteiger partial charge in [-0.15, -0.1) is 0 Å². The third-order valence-corrected chi connectivity index (χ3v) is 8.79. The lowest BCUT2D eigenvalue weighted by Crippen LogP contribution is -2.61. The normalized spacial score (nSPS) is 33.0. The van der Waals surface area contributed by atoms with E-state index in [1.54, 1.807) is 18.3 Å². The van der Waals surface area contributed by atoms with Crippen molar-refractivity contribution in [2.45, 2.75) is 56.7 Å². The summed E-state index contributed by atoms with van der Waals surface area (Å²) in [5, 5.41) is 14.1. The number of carbonyl (C=O) groups excluding carboxylic acids is 2. The fraction of sp³-hybridized carbons (Fsp3) is 0.556. The second-order valence-electron chi connectivity index (χ2n) is 11.3. The SMILES string of the molecule is C[C@@H]1CN(c2ccc(C(N)=O)nc2)CCN1c1cccc(C(=O)N[C@H]2C3CC4CC2C[C@](O)(C4)C3)n1. The molecular weight excluding hydrogens is 456 g/mol. The van der Waals surface area contributed by atoms with Crippen LogP contribution in [0.25, 0.3) is 0 Å². The quantitative estimate of drug-likeness (QED) is 0.585. The van der Waals surface area contributed by atoms with Crippen molar-refractivity contribution in [2.24, 2.45) is 23.5 Å². The van der Waals surface area contributed by atoms with Crippen LogP contribution in [0.2, 0.25) is 0 Å². The van der Waals surface area contributed by atoms with Crippen molar-refractivity contribution in [3.63, 3.8) is 0 Å². The van der Waals surface area contributed by atoms with E-state index in [2.05, 4.69) is 27.0 Å². The first kappa shape index (κ1) is 23.2. The molecular formula is C27H34N6O3. The summed E-state index contributed by atoms with van der Waals surface area (Å²) >= 11 is 0. The maximum Gasteiger partial charge on any atom is 0.270 e. The Morgan fingerprint density at radius 1 is 1.08 bits per heavy atom. The van der Waals surface area contributed by atoms with Crippen LogP contribution in [-0.2, 0) is 0 Å². The number of aromatic nitrogens is 2. The molecule has 2 aromatic heterocycles. The van der Waals surface area contributed by atoms with E-state index in [1.807, 2.05) is 18.2 Å². The zero-order valence-electron chi connectivity index (χ0n) is 20.6. The molecule has 3 atom stereocenters. The molecule has 5 fully saturated rings. The van der Waals surface area contributed by atoms with Crippen LogP contribution in [0.15, 0.2) is 36.5 Å². The summed E-state index contributed by atoms with van der Waals surface area (Å²) in [6.07, 6.45) is 6.46. The van der Waals surface area contributed by atoms with E-state index in [0.29, 0.717) is 23.4 Å². The van der Waals surface area contributed by atoms with E-state index in [9.17, 15) is 14.7 Å². The molecule has 1 saturated heterocycles. The molecule has 0 radical (unpaired) electrons. The molecule has 2 unspecified atom stereocenters. The summed E-state index contributed by atoms with van der Waals surface area (Å²) in [4.78, 5) is 37.9. The molecule has 7 rings (SSSR count). The standard InChI is InChI=1S/C27H34N6O3/c1-16-15-32(20-5-6-21(25(28)34)29-14-20)7-8-33(16)23-4-2-3-22(30-23)26(35)31-24-18-9-17-10-19(24)13-27(36,11-17)12-18/h2-6,14,16-19,24,36H,7-13,15H2,1H3,(H2,28,34)(H,31,35)/t16-,17?,18?,19?,24-,27-/m1/s1. The number of hydrogen-bond donors (Lipinski definition) is 3. The van der Waals surface area contributed by atoms with Crippen molar-refractivity contribution in [2.75, 3.05) is 29.4 Å². The molecule has 190 valence electrons. The first-order valence-electron chi connectivity index (χ1n) is 13.1. The van der Waals surface area contributed by atoms with Crippen LogP contribution in [0.1, 0.15) is 60.0 Å². The van der Waals surface area contributed by atoms with Crippen LogP contribution in [0.3, 0.4) is 0 Å². The minimum atomic E-state index is -0.532. The second kappa shape index (κ2) is 8.73. The maximum atomic E-state index is 13.2. The van der Waals surface area contributed by atoms with E-state index in [0.717, 1.165) is 63.2 Å². The lowest BCUT2D eigenvalue weighted by Gasteiger charge is -2.58. The molecule has 4 bridgehead atoms. The van der Waals surface area contributed by atoms with Crippen molar-refractivity contribution >= 4 is 23.3 Å². The number of anilines is 2. The lowest BCUT2D eigenvalue weighted by molar-refractivity contribution is -0.136. The summed E-state index contributed by atoms with van der Waals surface area (Å²) < 4.78 is 0. The zero-order valence-corrected chi connectivity index (χ0v) is 20.6. The van der Waals surface area contributed by atoms with E-state index >= 15 is 0 Å². The Hall–Kier alpha value is -3.20. The van der Waals surface area contributed by atoms with Gasteiger partial charge < -0.3 is 26.0 Å². The number of rotatable bonds is 5. The van der Waals surface area contributed by atoms with Gasteiger partial charge in [0.2, 0.25) is 0 Å². The number of primary amides is 1. The number of piperazine rings is 1. The molecule has 0 aromatic carbocycles. The number of pyridine rings is 2. The van der Waals surface area contributed by atoms with E-state index in [-0.39, 0.29) is 23.7 Å². The predicted octanol–water partition coefficient (Wildman–Crippen LogP) is 1.96. The molecule has 2 aromatic rings.